The molecule has 4 nitrogen and oxygen atoms in total. The van der Waals surface area contributed by atoms with Crippen LogP contribution in [-0.4, -0.2) is 23.9 Å². The second-order valence-corrected chi connectivity index (χ2v) is 4.03. The summed E-state index contributed by atoms with van der Waals surface area (Å²) in [5.41, 5.74) is 6.79. The van der Waals surface area contributed by atoms with E-state index >= 15 is 0 Å². The number of aromatic hydroxyl groups is 1. The predicted molar refractivity (Wildman–Crippen MR) is 62.8 cm³/mol. The van der Waals surface area contributed by atoms with E-state index in [2.05, 4.69) is 0 Å². The van der Waals surface area contributed by atoms with Gasteiger partial charge >= 0.3 is 0 Å². The molecule has 0 aliphatic heterocycles. The summed E-state index contributed by atoms with van der Waals surface area (Å²) >= 11 is 0. The number of aliphatic hydroxyl groups excluding tert-OH is 1. The Labute approximate surface area is 95.7 Å². The highest BCUT2D eigenvalue weighted by molar-refractivity contribution is 5.51. The van der Waals surface area contributed by atoms with E-state index < -0.39 is 6.10 Å². The average Bonchev–Trinajstić information content (AvgIpc) is 2.27. The Morgan fingerprint density at radius 2 is 2.00 bits per heavy atom. The molecule has 1 rings (SSSR count). The van der Waals surface area contributed by atoms with Crippen molar-refractivity contribution in [2.24, 2.45) is 5.73 Å². The number of aliphatic hydroxyl groups is 1. The summed E-state index contributed by atoms with van der Waals surface area (Å²) in [6.07, 6.45) is -0.868. The van der Waals surface area contributed by atoms with Crippen LogP contribution in [0.4, 0.5) is 0 Å². The van der Waals surface area contributed by atoms with E-state index in [1.54, 1.807) is 6.07 Å². The highest BCUT2D eigenvalue weighted by atomic mass is 16.5. The molecule has 4 heteroatoms. The summed E-state index contributed by atoms with van der Waals surface area (Å²) in [4.78, 5) is 0. The van der Waals surface area contributed by atoms with Gasteiger partial charge in [0.05, 0.1) is 13.2 Å². The van der Waals surface area contributed by atoms with Crippen LogP contribution in [0.3, 0.4) is 0 Å². The molecule has 4 N–H and O–H groups in total. The van der Waals surface area contributed by atoms with Crippen molar-refractivity contribution in [1.82, 2.24) is 0 Å². The number of nitrogens with two attached hydrogens (primary N) is 1. The zero-order valence-electron chi connectivity index (χ0n) is 9.90. The van der Waals surface area contributed by atoms with Crippen LogP contribution in [0.15, 0.2) is 12.1 Å². The molecular formula is C12H19NO3. The fourth-order valence-electron chi connectivity index (χ4n) is 1.74. The molecule has 0 heterocycles. The molecule has 0 saturated carbocycles. The van der Waals surface area contributed by atoms with Crippen molar-refractivity contribution >= 4 is 0 Å². The Morgan fingerprint density at radius 1 is 1.38 bits per heavy atom. The smallest absolute Gasteiger partial charge is 0.163 e. The van der Waals surface area contributed by atoms with E-state index in [9.17, 15) is 10.2 Å². The molecular weight excluding hydrogens is 206 g/mol. The quantitative estimate of drug-likeness (QED) is 0.726. The fourth-order valence-corrected chi connectivity index (χ4v) is 1.74. The van der Waals surface area contributed by atoms with Gasteiger partial charge < -0.3 is 20.7 Å². The fraction of sp³-hybridized carbons (Fsp3) is 0.500. The summed E-state index contributed by atoms with van der Waals surface area (Å²) in [7, 11) is 1.47. The lowest BCUT2D eigenvalue weighted by molar-refractivity contribution is 0.180. The van der Waals surface area contributed by atoms with Crippen molar-refractivity contribution in [1.29, 1.82) is 0 Å². The van der Waals surface area contributed by atoms with Crippen LogP contribution in [0.25, 0.3) is 0 Å². The third-order valence-corrected chi connectivity index (χ3v) is 2.61. The SMILES string of the molecule is COc1ccc(C(C)C)c(C(O)CN)c1O. The summed E-state index contributed by atoms with van der Waals surface area (Å²) in [6.45, 7) is 4.06. The normalized spacial score (nSPS) is 12.9. The third kappa shape index (κ3) is 2.28. The van der Waals surface area contributed by atoms with Crippen molar-refractivity contribution in [3.8, 4) is 11.5 Å². The van der Waals surface area contributed by atoms with Gasteiger partial charge in [-0.2, -0.15) is 0 Å². The monoisotopic (exact) mass is 225 g/mol. The van der Waals surface area contributed by atoms with E-state index in [1.807, 2.05) is 19.9 Å². The first-order chi connectivity index (χ1) is 7.52. The van der Waals surface area contributed by atoms with Crippen LogP contribution in [-0.2, 0) is 0 Å². The molecule has 0 aromatic heterocycles. The lowest BCUT2D eigenvalue weighted by Gasteiger charge is -2.19. The zero-order valence-corrected chi connectivity index (χ0v) is 9.90. The maximum absolute atomic E-state index is 9.98. The zero-order chi connectivity index (χ0) is 12.3. The number of phenolic OH excluding ortho intramolecular Hbond substituents is 1. The average molecular weight is 225 g/mol. The number of hydrogen-bond acceptors (Lipinski definition) is 4. The molecule has 1 unspecified atom stereocenters. The van der Waals surface area contributed by atoms with Gasteiger partial charge in [-0.25, -0.2) is 0 Å². The highest BCUT2D eigenvalue weighted by Crippen LogP contribution is 2.38. The third-order valence-electron chi connectivity index (χ3n) is 2.61. The molecule has 1 aromatic carbocycles. The molecule has 0 aliphatic carbocycles. The van der Waals surface area contributed by atoms with Crippen LogP contribution in [0, 0.1) is 0 Å². The minimum atomic E-state index is -0.868. The molecule has 1 aromatic rings. The summed E-state index contributed by atoms with van der Waals surface area (Å²) in [5.74, 6) is 0.534. The Kier molecular flexibility index (Phi) is 4.15. The van der Waals surface area contributed by atoms with Gasteiger partial charge in [0, 0.05) is 12.1 Å². The van der Waals surface area contributed by atoms with E-state index in [1.165, 1.54) is 7.11 Å². The van der Waals surface area contributed by atoms with Crippen LogP contribution in [0.5, 0.6) is 11.5 Å². The first-order valence-electron chi connectivity index (χ1n) is 5.30. The maximum atomic E-state index is 9.98. The molecule has 0 radical (unpaired) electrons. The van der Waals surface area contributed by atoms with Crippen molar-refractivity contribution < 1.29 is 14.9 Å². The summed E-state index contributed by atoms with van der Waals surface area (Å²) < 4.78 is 5.01. The van der Waals surface area contributed by atoms with Gasteiger partial charge in [-0.05, 0) is 17.5 Å². The minimum absolute atomic E-state index is 0.0216. The maximum Gasteiger partial charge on any atom is 0.163 e. The molecule has 16 heavy (non-hydrogen) atoms. The van der Waals surface area contributed by atoms with Gasteiger partial charge in [-0.15, -0.1) is 0 Å². The van der Waals surface area contributed by atoms with Gasteiger partial charge in [-0.1, -0.05) is 19.9 Å². The first-order valence-corrected chi connectivity index (χ1v) is 5.30. The van der Waals surface area contributed by atoms with Crippen molar-refractivity contribution in [3.63, 3.8) is 0 Å². The molecule has 0 aliphatic rings. The number of benzene rings is 1. The van der Waals surface area contributed by atoms with E-state index in [0.717, 1.165) is 5.56 Å². The van der Waals surface area contributed by atoms with Crippen LogP contribution < -0.4 is 10.5 Å². The first kappa shape index (κ1) is 12.8. The number of methoxy groups -OCH3 is 1. The predicted octanol–water partition coefficient (Wildman–Crippen LogP) is 1.52. The molecule has 0 saturated heterocycles. The van der Waals surface area contributed by atoms with Gasteiger partial charge in [-0.3, -0.25) is 0 Å². The van der Waals surface area contributed by atoms with E-state index in [0.29, 0.717) is 11.3 Å². The van der Waals surface area contributed by atoms with Crippen molar-refractivity contribution in [2.45, 2.75) is 25.9 Å². The Bertz CT molecular complexity index is 364. The van der Waals surface area contributed by atoms with E-state index in [-0.39, 0.29) is 18.2 Å². The molecule has 0 amide bonds. The topological polar surface area (TPSA) is 75.7 Å². The second-order valence-electron chi connectivity index (χ2n) is 4.03. The molecule has 90 valence electrons. The summed E-state index contributed by atoms with van der Waals surface area (Å²) in [6, 6.07) is 3.54. The lowest BCUT2D eigenvalue weighted by Crippen LogP contribution is -2.14. The van der Waals surface area contributed by atoms with Crippen LogP contribution in [0.1, 0.15) is 37.0 Å². The number of rotatable bonds is 4. The highest BCUT2D eigenvalue weighted by Gasteiger charge is 2.20. The Balaban J connectivity index is 3.36. The minimum Gasteiger partial charge on any atom is -0.504 e. The Hall–Kier alpha value is -1.26. The van der Waals surface area contributed by atoms with E-state index in [4.69, 9.17) is 10.5 Å². The summed E-state index contributed by atoms with van der Waals surface area (Å²) in [5, 5.41) is 19.8. The molecule has 1 atom stereocenters. The largest absolute Gasteiger partial charge is 0.504 e. The Morgan fingerprint density at radius 3 is 2.44 bits per heavy atom. The van der Waals surface area contributed by atoms with Crippen molar-refractivity contribution in [3.05, 3.63) is 23.3 Å². The molecule has 0 bridgehead atoms. The van der Waals surface area contributed by atoms with Crippen LogP contribution in [0.2, 0.25) is 0 Å². The lowest BCUT2D eigenvalue weighted by atomic mass is 9.92. The van der Waals surface area contributed by atoms with Gasteiger partial charge in [0.2, 0.25) is 0 Å². The number of phenols is 1. The number of ether oxygens (including phenoxy) is 1. The second kappa shape index (κ2) is 5.18. The van der Waals surface area contributed by atoms with Crippen molar-refractivity contribution in [2.75, 3.05) is 13.7 Å². The standard InChI is InChI=1S/C12H19NO3/c1-7(2)8-4-5-10(16-3)12(15)11(8)9(14)6-13/h4-5,7,9,14-15H,6,13H2,1-3H3. The van der Waals surface area contributed by atoms with Gasteiger partial charge in [0.25, 0.3) is 0 Å². The number of hydrogen-bond donors (Lipinski definition) is 3. The molecule has 0 spiro atoms. The van der Waals surface area contributed by atoms with Crippen LogP contribution >= 0.6 is 0 Å². The van der Waals surface area contributed by atoms with Gasteiger partial charge in [0.1, 0.15) is 0 Å². The molecule has 0 fully saturated rings. The van der Waals surface area contributed by atoms with Gasteiger partial charge in [0.15, 0.2) is 11.5 Å².